The number of benzene rings is 2. The van der Waals surface area contributed by atoms with E-state index < -0.39 is 9.84 Å². The number of nitrogens with zero attached hydrogens (tertiary/aromatic N) is 4. The van der Waals surface area contributed by atoms with Crippen LogP contribution in [0.5, 0.6) is 5.75 Å². The average Bonchev–Trinajstić information content (AvgIpc) is 3.34. The minimum atomic E-state index is -3.36. The first-order chi connectivity index (χ1) is 15.5. The highest BCUT2D eigenvalue weighted by Gasteiger charge is 2.27. The molecule has 0 N–H and O–H groups in total. The summed E-state index contributed by atoms with van der Waals surface area (Å²) in [6, 6.07) is 16.4. The summed E-state index contributed by atoms with van der Waals surface area (Å²) in [7, 11) is -1.83. The van der Waals surface area contributed by atoms with Crippen molar-refractivity contribution in [2.45, 2.75) is 17.9 Å². The van der Waals surface area contributed by atoms with E-state index >= 15 is 0 Å². The minimum Gasteiger partial charge on any atom is -0.497 e. The predicted octanol–water partition coefficient (Wildman–Crippen LogP) is 2.90. The van der Waals surface area contributed by atoms with Crippen LogP contribution in [0.1, 0.15) is 18.9 Å². The summed E-state index contributed by atoms with van der Waals surface area (Å²) in [5.74, 6) is 1.82. The number of aromatic nitrogens is 2. The summed E-state index contributed by atoms with van der Waals surface area (Å²) in [6.45, 7) is 5.76. The van der Waals surface area contributed by atoms with Gasteiger partial charge in [0.15, 0.2) is 9.84 Å². The number of hydrogen-bond donors (Lipinski definition) is 0. The van der Waals surface area contributed by atoms with Gasteiger partial charge in [-0.1, -0.05) is 41.6 Å². The molecule has 1 aliphatic heterocycles. The number of sulfone groups is 1. The molecule has 0 spiro atoms. The Morgan fingerprint density at radius 2 is 1.81 bits per heavy atom. The second-order valence-electron chi connectivity index (χ2n) is 7.87. The fourth-order valence-electron chi connectivity index (χ4n) is 3.80. The highest BCUT2D eigenvalue weighted by atomic mass is 32.2. The standard InChI is InChI=1S/C23H28N4O4S/c1-18(23-24-22(25-31-23)19-7-4-3-5-8-19)27-13-11-26(12-14-27)15-16-32(28,29)21-10-6-9-20(17-21)30-2/h3-10,17-18H,11-16H2,1-2H3. The topological polar surface area (TPSA) is 88.8 Å². The summed E-state index contributed by atoms with van der Waals surface area (Å²) in [5.41, 5.74) is 0.928. The Balaban J connectivity index is 1.30. The van der Waals surface area contributed by atoms with Gasteiger partial charge < -0.3 is 9.26 Å². The predicted molar refractivity (Wildman–Crippen MR) is 121 cm³/mol. The third-order valence-electron chi connectivity index (χ3n) is 5.86. The van der Waals surface area contributed by atoms with Crippen LogP contribution in [0.3, 0.4) is 0 Å². The highest BCUT2D eigenvalue weighted by Crippen LogP contribution is 2.24. The van der Waals surface area contributed by atoms with Crippen molar-refractivity contribution in [2.75, 3.05) is 45.6 Å². The van der Waals surface area contributed by atoms with Gasteiger partial charge in [0.05, 0.1) is 23.8 Å². The second kappa shape index (κ2) is 9.81. The van der Waals surface area contributed by atoms with Gasteiger partial charge in [0.2, 0.25) is 11.7 Å². The molecule has 2 aromatic carbocycles. The van der Waals surface area contributed by atoms with Crippen LogP contribution in [-0.2, 0) is 9.84 Å². The molecule has 1 saturated heterocycles. The average molecular weight is 457 g/mol. The maximum absolute atomic E-state index is 12.7. The number of piperazine rings is 1. The number of ether oxygens (including phenoxy) is 1. The van der Waals surface area contributed by atoms with Gasteiger partial charge in [-0.15, -0.1) is 0 Å². The van der Waals surface area contributed by atoms with Crippen molar-refractivity contribution in [3.63, 3.8) is 0 Å². The van der Waals surface area contributed by atoms with E-state index in [1.54, 1.807) is 24.3 Å². The number of methoxy groups -OCH3 is 1. The SMILES string of the molecule is COc1cccc(S(=O)(=O)CCN2CCN(C(C)c3nc(-c4ccccc4)no3)CC2)c1. The third kappa shape index (κ3) is 5.17. The first kappa shape index (κ1) is 22.4. The lowest BCUT2D eigenvalue weighted by atomic mass is 10.2. The van der Waals surface area contributed by atoms with Crippen LogP contribution in [0.25, 0.3) is 11.4 Å². The van der Waals surface area contributed by atoms with Crippen molar-refractivity contribution >= 4 is 9.84 Å². The molecule has 8 nitrogen and oxygen atoms in total. The molecule has 0 amide bonds. The van der Waals surface area contributed by atoms with Gasteiger partial charge in [-0.05, 0) is 25.1 Å². The molecular weight excluding hydrogens is 428 g/mol. The van der Waals surface area contributed by atoms with E-state index in [0.717, 1.165) is 31.7 Å². The Morgan fingerprint density at radius 3 is 2.53 bits per heavy atom. The molecule has 32 heavy (non-hydrogen) atoms. The van der Waals surface area contributed by atoms with Crippen LogP contribution in [0, 0.1) is 0 Å². The molecule has 0 saturated carbocycles. The Labute approximate surface area is 188 Å². The maximum atomic E-state index is 12.7. The van der Waals surface area contributed by atoms with Crippen LogP contribution in [0.2, 0.25) is 0 Å². The smallest absolute Gasteiger partial charge is 0.244 e. The summed E-state index contributed by atoms with van der Waals surface area (Å²) >= 11 is 0. The fourth-order valence-corrected chi connectivity index (χ4v) is 5.12. The molecule has 2 heterocycles. The molecule has 3 aromatic rings. The zero-order chi connectivity index (χ0) is 22.6. The van der Waals surface area contributed by atoms with E-state index in [0.29, 0.717) is 28.9 Å². The Hall–Kier alpha value is -2.75. The molecule has 0 radical (unpaired) electrons. The van der Waals surface area contributed by atoms with Gasteiger partial charge in [0.25, 0.3) is 0 Å². The normalized spacial score (nSPS) is 16.7. The Kier molecular flexibility index (Phi) is 6.88. The molecular formula is C23H28N4O4S. The molecule has 9 heteroatoms. The summed E-state index contributed by atoms with van der Waals surface area (Å²) < 4.78 is 36.1. The van der Waals surface area contributed by atoms with Gasteiger partial charge in [-0.2, -0.15) is 4.98 Å². The van der Waals surface area contributed by atoms with E-state index in [1.165, 1.54) is 7.11 Å². The van der Waals surface area contributed by atoms with Crippen molar-refractivity contribution in [2.24, 2.45) is 0 Å². The molecule has 0 aliphatic carbocycles. The maximum Gasteiger partial charge on any atom is 0.244 e. The monoisotopic (exact) mass is 456 g/mol. The lowest BCUT2D eigenvalue weighted by Gasteiger charge is -2.36. The van der Waals surface area contributed by atoms with Gasteiger partial charge in [-0.25, -0.2) is 8.42 Å². The molecule has 1 atom stereocenters. The van der Waals surface area contributed by atoms with E-state index in [2.05, 4.69) is 26.9 Å². The molecule has 4 rings (SSSR count). The number of rotatable bonds is 8. The summed E-state index contributed by atoms with van der Waals surface area (Å²) in [6.07, 6.45) is 0. The van der Waals surface area contributed by atoms with Crippen LogP contribution in [0.4, 0.5) is 0 Å². The minimum absolute atomic E-state index is 0.00243. The first-order valence-electron chi connectivity index (χ1n) is 10.7. The van der Waals surface area contributed by atoms with Gasteiger partial charge in [-0.3, -0.25) is 9.80 Å². The molecule has 1 unspecified atom stereocenters. The van der Waals surface area contributed by atoms with Gasteiger partial charge in [0.1, 0.15) is 5.75 Å². The lowest BCUT2D eigenvalue weighted by molar-refractivity contribution is 0.0917. The van der Waals surface area contributed by atoms with Crippen molar-refractivity contribution < 1.29 is 17.7 Å². The molecule has 1 aromatic heterocycles. The van der Waals surface area contributed by atoms with Crippen molar-refractivity contribution in [1.29, 1.82) is 0 Å². The zero-order valence-corrected chi connectivity index (χ0v) is 19.2. The van der Waals surface area contributed by atoms with Crippen molar-refractivity contribution in [3.05, 3.63) is 60.5 Å². The van der Waals surface area contributed by atoms with E-state index in [4.69, 9.17) is 9.26 Å². The lowest BCUT2D eigenvalue weighted by Crippen LogP contribution is -2.48. The van der Waals surface area contributed by atoms with Crippen LogP contribution < -0.4 is 4.74 Å². The van der Waals surface area contributed by atoms with Gasteiger partial charge >= 0.3 is 0 Å². The van der Waals surface area contributed by atoms with Crippen LogP contribution in [0.15, 0.2) is 64.0 Å². The van der Waals surface area contributed by atoms with E-state index in [-0.39, 0.29) is 11.8 Å². The van der Waals surface area contributed by atoms with E-state index in [1.807, 2.05) is 30.3 Å². The number of hydrogen-bond acceptors (Lipinski definition) is 8. The molecule has 0 bridgehead atoms. The van der Waals surface area contributed by atoms with Crippen molar-refractivity contribution in [1.82, 2.24) is 19.9 Å². The Bertz CT molecular complexity index is 1130. The second-order valence-corrected chi connectivity index (χ2v) is 9.98. The first-order valence-corrected chi connectivity index (χ1v) is 12.3. The molecule has 1 fully saturated rings. The zero-order valence-electron chi connectivity index (χ0n) is 18.3. The van der Waals surface area contributed by atoms with Crippen molar-refractivity contribution in [3.8, 4) is 17.1 Å². The molecule has 1 aliphatic rings. The fraction of sp³-hybridized carbons (Fsp3) is 0.391. The van der Waals surface area contributed by atoms with Crippen LogP contribution in [-0.4, -0.2) is 73.9 Å². The van der Waals surface area contributed by atoms with Gasteiger partial charge in [0, 0.05) is 38.3 Å². The summed E-state index contributed by atoms with van der Waals surface area (Å²) in [4.78, 5) is 9.34. The third-order valence-corrected chi connectivity index (χ3v) is 7.55. The quantitative estimate of drug-likeness (QED) is 0.511. The summed E-state index contributed by atoms with van der Waals surface area (Å²) in [5, 5.41) is 4.12. The van der Waals surface area contributed by atoms with E-state index in [9.17, 15) is 8.42 Å². The Morgan fingerprint density at radius 1 is 1.06 bits per heavy atom. The highest BCUT2D eigenvalue weighted by molar-refractivity contribution is 7.91. The molecule has 170 valence electrons. The largest absolute Gasteiger partial charge is 0.497 e. The van der Waals surface area contributed by atoms with Crippen LogP contribution >= 0.6 is 0 Å².